The van der Waals surface area contributed by atoms with Gasteiger partial charge in [-0.3, -0.25) is 4.72 Å². The van der Waals surface area contributed by atoms with E-state index in [0.717, 1.165) is 20.8 Å². The third-order valence-corrected chi connectivity index (χ3v) is 7.43. The molecule has 3 N–H and O–H groups in total. The Morgan fingerprint density at radius 2 is 1.45 bits per heavy atom. The Hall–Kier alpha value is -3.55. The van der Waals surface area contributed by atoms with E-state index in [9.17, 15) is 18.6 Å². The minimum Gasteiger partial charge on any atom is -0.508 e. The maximum atomic E-state index is 13.1. The first-order valence-corrected chi connectivity index (χ1v) is 12.4. The lowest BCUT2D eigenvalue weighted by Gasteiger charge is -2.16. The van der Waals surface area contributed by atoms with Crippen molar-refractivity contribution in [1.29, 1.82) is 0 Å². The fraction of sp³-hybridized carbons (Fsp3) is 0. The Kier molecular flexibility index (Phi) is 5.23. The molecule has 0 spiro atoms. The van der Waals surface area contributed by atoms with E-state index in [1.54, 1.807) is 24.3 Å². The lowest BCUT2D eigenvalue weighted by molar-refractivity contribution is 0.475. The summed E-state index contributed by atoms with van der Waals surface area (Å²) in [6, 6.07) is 26.0. The predicted molar refractivity (Wildman–Crippen MR) is 135 cm³/mol. The summed E-state index contributed by atoms with van der Waals surface area (Å²) in [4.78, 5) is 0.0966. The number of anilines is 1. The van der Waals surface area contributed by atoms with Crippen LogP contribution < -0.4 is 4.72 Å². The fourth-order valence-electron chi connectivity index (χ4n) is 3.88. The first kappa shape index (κ1) is 21.3. The second kappa shape index (κ2) is 8.10. The average molecular weight is 520 g/mol. The van der Waals surface area contributed by atoms with E-state index in [2.05, 4.69) is 20.7 Å². The molecule has 7 heteroatoms. The van der Waals surface area contributed by atoms with Crippen molar-refractivity contribution in [1.82, 2.24) is 0 Å². The molecule has 0 aliphatic heterocycles. The number of hydrogen-bond acceptors (Lipinski definition) is 4. The standard InChI is InChI=1S/C26H18BrNO4S/c27-19-7-10-21(11-8-19)33(31,32)28-25-15-23(26(30)22-12-9-20(29)14-24(22)25)18-6-5-16-3-1-2-4-17(16)13-18/h1-15,28-30H. The number of sulfonamides is 1. The third-order valence-electron chi connectivity index (χ3n) is 5.52. The Morgan fingerprint density at radius 1 is 0.727 bits per heavy atom. The topological polar surface area (TPSA) is 86.6 Å². The van der Waals surface area contributed by atoms with Crippen molar-refractivity contribution < 1.29 is 18.6 Å². The smallest absolute Gasteiger partial charge is 0.261 e. The molecule has 0 unspecified atom stereocenters. The second-order valence-corrected chi connectivity index (χ2v) is 10.3. The molecule has 0 radical (unpaired) electrons. The van der Waals surface area contributed by atoms with E-state index in [4.69, 9.17) is 0 Å². The highest BCUT2D eigenvalue weighted by Gasteiger charge is 2.19. The Labute approximate surface area is 199 Å². The number of hydrogen-bond donors (Lipinski definition) is 3. The first-order valence-electron chi connectivity index (χ1n) is 10.1. The minimum atomic E-state index is -3.91. The molecule has 0 atom stereocenters. The molecule has 0 aromatic heterocycles. The number of phenolic OH excluding ortho intramolecular Hbond substituents is 2. The van der Waals surface area contributed by atoms with Crippen molar-refractivity contribution in [2.75, 3.05) is 4.72 Å². The van der Waals surface area contributed by atoms with Gasteiger partial charge in [0.15, 0.2) is 0 Å². The predicted octanol–water partition coefficient (Wildman–Crippen LogP) is 6.63. The van der Waals surface area contributed by atoms with Crippen molar-refractivity contribution in [3.8, 4) is 22.6 Å². The molecule has 0 saturated heterocycles. The van der Waals surface area contributed by atoms with Crippen LogP contribution in [-0.4, -0.2) is 18.6 Å². The lowest BCUT2D eigenvalue weighted by Crippen LogP contribution is -2.13. The van der Waals surface area contributed by atoms with E-state index >= 15 is 0 Å². The fourth-order valence-corrected chi connectivity index (χ4v) is 5.21. The molecule has 0 amide bonds. The van der Waals surface area contributed by atoms with Crippen LogP contribution in [0.1, 0.15) is 0 Å². The van der Waals surface area contributed by atoms with Crippen molar-refractivity contribution in [3.63, 3.8) is 0 Å². The van der Waals surface area contributed by atoms with Gasteiger partial charge in [-0.15, -0.1) is 0 Å². The average Bonchev–Trinajstić information content (AvgIpc) is 2.80. The number of rotatable bonds is 4. The summed E-state index contributed by atoms with van der Waals surface area (Å²) >= 11 is 3.31. The van der Waals surface area contributed by atoms with Crippen LogP contribution in [0.25, 0.3) is 32.7 Å². The van der Waals surface area contributed by atoms with Crippen LogP contribution >= 0.6 is 15.9 Å². The molecule has 33 heavy (non-hydrogen) atoms. The molecule has 0 saturated carbocycles. The normalized spacial score (nSPS) is 11.7. The van der Waals surface area contributed by atoms with Gasteiger partial charge in [-0.25, -0.2) is 8.42 Å². The van der Waals surface area contributed by atoms with Gasteiger partial charge in [0.25, 0.3) is 10.0 Å². The van der Waals surface area contributed by atoms with Gasteiger partial charge in [-0.05, 0) is 70.9 Å². The van der Waals surface area contributed by atoms with Crippen molar-refractivity contribution in [3.05, 3.63) is 95.5 Å². The zero-order chi connectivity index (χ0) is 23.2. The van der Waals surface area contributed by atoms with E-state index in [-0.39, 0.29) is 22.1 Å². The monoisotopic (exact) mass is 519 g/mol. The van der Waals surface area contributed by atoms with Crippen LogP contribution in [0.3, 0.4) is 0 Å². The SMILES string of the molecule is O=S(=O)(Nc1cc(-c2ccc3ccccc3c2)c(O)c2ccc(O)cc12)c1ccc(Br)cc1. The number of nitrogens with one attached hydrogen (secondary N) is 1. The largest absolute Gasteiger partial charge is 0.508 e. The van der Waals surface area contributed by atoms with Gasteiger partial charge in [-0.1, -0.05) is 52.3 Å². The summed E-state index contributed by atoms with van der Waals surface area (Å²) in [7, 11) is -3.91. The van der Waals surface area contributed by atoms with E-state index in [1.165, 1.54) is 24.3 Å². The number of halogens is 1. The highest BCUT2D eigenvalue weighted by atomic mass is 79.9. The third kappa shape index (κ3) is 4.01. The minimum absolute atomic E-state index is 0.00636. The van der Waals surface area contributed by atoms with Gasteiger partial charge in [0, 0.05) is 20.8 Å². The summed E-state index contributed by atoms with van der Waals surface area (Å²) in [6.45, 7) is 0. The Balaban J connectivity index is 1.71. The van der Waals surface area contributed by atoms with Crippen LogP contribution in [0, 0.1) is 0 Å². The molecule has 0 aliphatic rings. The van der Waals surface area contributed by atoms with Gasteiger partial charge in [-0.2, -0.15) is 0 Å². The maximum Gasteiger partial charge on any atom is 0.261 e. The van der Waals surface area contributed by atoms with Crippen LogP contribution in [0.2, 0.25) is 0 Å². The van der Waals surface area contributed by atoms with E-state index in [0.29, 0.717) is 16.3 Å². The highest BCUT2D eigenvalue weighted by molar-refractivity contribution is 9.10. The van der Waals surface area contributed by atoms with Gasteiger partial charge < -0.3 is 10.2 Å². The van der Waals surface area contributed by atoms with Crippen molar-refractivity contribution in [2.24, 2.45) is 0 Å². The first-order chi connectivity index (χ1) is 15.8. The quantitative estimate of drug-likeness (QED) is 0.232. The molecule has 5 aromatic carbocycles. The molecular formula is C26H18BrNO4S. The number of aromatic hydroxyl groups is 2. The zero-order valence-corrected chi connectivity index (χ0v) is 19.6. The molecule has 5 aromatic rings. The number of fused-ring (bicyclic) bond motifs is 2. The summed E-state index contributed by atoms with van der Waals surface area (Å²) in [5.74, 6) is -0.0312. The van der Waals surface area contributed by atoms with Crippen LogP contribution in [0.4, 0.5) is 5.69 Å². The summed E-state index contributed by atoms with van der Waals surface area (Å²) in [6.07, 6.45) is 0. The molecule has 0 heterocycles. The summed E-state index contributed by atoms with van der Waals surface area (Å²) < 4.78 is 29.6. The van der Waals surface area contributed by atoms with Crippen LogP contribution in [-0.2, 0) is 10.0 Å². The maximum absolute atomic E-state index is 13.1. The molecule has 164 valence electrons. The number of phenols is 2. The van der Waals surface area contributed by atoms with Crippen molar-refractivity contribution in [2.45, 2.75) is 4.90 Å². The lowest BCUT2D eigenvalue weighted by atomic mass is 9.96. The molecule has 5 nitrogen and oxygen atoms in total. The molecule has 0 fully saturated rings. The highest BCUT2D eigenvalue weighted by Crippen LogP contribution is 2.42. The zero-order valence-electron chi connectivity index (χ0n) is 17.2. The number of benzene rings is 5. The van der Waals surface area contributed by atoms with Gasteiger partial charge in [0.2, 0.25) is 0 Å². The van der Waals surface area contributed by atoms with E-state index in [1.807, 2.05) is 42.5 Å². The van der Waals surface area contributed by atoms with E-state index < -0.39 is 10.0 Å². The Bertz CT molecular complexity index is 1630. The Morgan fingerprint density at radius 3 is 2.21 bits per heavy atom. The van der Waals surface area contributed by atoms with Crippen LogP contribution in [0.15, 0.2) is 100 Å². The van der Waals surface area contributed by atoms with Gasteiger partial charge >= 0.3 is 0 Å². The summed E-state index contributed by atoms with van der Waals surface area (Å²) in [5.41, 5.74) is 1.47. The molecule has 0 bridgehead atoms. The molecule has 5 rings (SSSR count). The molecule has 0 aliphatic carbocycles. The van der Waals surface area contributed by atoms with Gasteiger partial charge in [0.05, 0.1) is 10.6 Å². The molecular weight excluding hydrogens is 502 g/mol. The van der Waals surface area contributed by atoms with Crippen LogP contribution in [0.5, 0.6) is 11.5 Å². The summed E-state index contributed by atoms with van der Waals surface area (Å²) in [5, 5.41) is 24.0. The van der Waals surface area contributed by atoms with Gasteiger partial charge in [0.1, 0.15) is 11.5 Å². The second-order valence-electron chi connectivity index (χ2n) is 7.67. The van der Waals surface area contributed by atoms with Crippen molar-refractivity contribution >= 4 is 53.2 Å².